The van der Waals surface area contributed by atoms with Gasteiger partial charge in [-0.25, -0.2) is 9.97 Å². The lowest BCUT2D eigenvalue weighted by atomic mass is 9.97. The number of nitrogens with zero attached hydrogens (tertiary/aromatic N) is 4. The Morgan fingerprint density at radius 3 is 2.89 bits per heavy atom. The van der Waals surface area contributed by atoms with Gasteiger partial charge in [0.25, 0.3) is 5.91 Å². The highest BCUT2D eigenvalue weighted by molar-refractivity contribution is 5.93. The minimum absolute atomic E-state index is 0.00958. The molecule has 6 nitrogen and oxygen atoms in total. The Kier molecular flexibility index (Phi) is 4.79. The molecule has 3 aromatic rings. The van der Waals surface area contributed by atoms with Gasteiger partial charge < -0.3 is 14.8 Å². The van der Waals surface area contributed by atoms with Crippen LogP contribution in [0.3, 0.4) is 0 Å². The van der Waals surface area contributed by atoms with E-state index < -0.39 is 0 Å². The van der Waals surface area contributed by atoms with Crippen LogP contribution in [0.4, 0.5) is 5.82 Å². The summed E-state index contributed by atoms with van der Waals surface area (Å²) in [4.78, 5) is 29.0. The van der Waals surface area contributed by atoms with Gasteiger partial charge in [-0.05, 0) is 44.0 Å². The van der Waals surface area contributed by atoms with Gasteiger partial charge in [-0.1, -0.05) is 12.1 Å². The Labute approximate surface area is 159 Å². The molecule has 1 aliphatic heterocycles. The number of nitrogens with one attached hydrogen (secondary N) is 1. The number of pyridine rings is 1. The summed E-state index contributed by atoms with van der Waals surface area (Å²) in [5.74, 6) is 2.35. The lowest BCUT2D eigenvalue weighted by Crippen LogP contribution is -2.35. The van der Waals surface area contributed by atoms with Crippen LogP contribution in [0.2, 0.25) is 0 Å². The van der Waals surface area contributed by atoms with Crippen molar-refractivity contribution in [2.45, 2.75) is 25.7 Å². The number of aromatic nitrogens is 3. The number of rotatable bonds is 4. The van der Waals surface area contributed by atoms with Crippen LogP contribution < -0.4 is 4.90 Å². The second kappa shape index (κ2) is 7.39. The van der Waals surface area contributed by atoms with Crippen molar-refractivity contribution in [1.82, 2.24) is 19.9 Å². The van der Waals surface area contributed by atoms with E-state index in [4.69, 9.17) is 4.98 Å². The number of anilines is 1. The Bertz CT molecular complexity index is 900. The first-order valence-electron chi connectivity index (χ1n) is 9.57. The zero-order valence-electron chi connectivity index (χ0n) is 15.9. The number of imidazole rings is 1. The zero-order chi connectivity index (χ0) is 18.8. The van der Waals surface area contributed by atoms with Crippen LogP contribution in [0.25, 0.3) is 11.0 Å². The monoisotopic (exact) mass is 363 g/mol. The summed E-state index contributed by atoms with van der Waals surface area (Å²) in [6.45, 7) is 4.51. The first kappa shape index (κ1) is 17.5. The molecule has 27 heavy (non-hydrogen) atoms. The van der Waals surface area contributed by atoms with Crippen LogP contribution in [-0.2, 0) is 0 Å². The fourth-order valence-corrected chi connectivity index (χ4v) is 3.64. The fraction of sp³-hybridized carbons (Fsp3) is 0.381. The maximum atomic E-state index is 12.2. The van der Waals surface area contributed by atoms with Crippen molar-refractivity contribution in [3.63, 3.8) is 0 Å². The average molecular weight is 363 g/mol. The van der Waals surface area contributed by atoms with Gasteiger partial charge in [0.1, 0.15) is 11.6 Å². The van der Waals surface area contributed by atoms with E-state index in [2.05, 4.69) is 20.9 Å². The predicted molar refractivity (Wildman–Crippen MR) is 107 cm³/mol. The summed E-state index contributed by atoms with van der Waals surface area (Å²) < 4.78 is 0. The highest BCUT2D eigenvalue weighted by Crippen LogP contribution is 2.29. The molecule has 0 bridgehead atoms. The lowest BCUT2D eigenvalue weighted by Gasteiger charge is -2.32. The average Bonchev–Trinajstić information content (AvgIpc) is 3.17. The molecular formula is C21H25N5O. The molecule has 0 spiro atoms. The van der Waals surface area contributed by atoms with Gasteiger partial charge in [-0.3, -0.25) is 4.79 Å². The molecule has 3 heterocycles. The summed E-state index contributed by atoms with van der Waals surface area (Å²) in [6, 6.07) is 12.0. The molecule has 0 saturated carbocycles. The van der Waals surface area contributed by atoms with Crippen molar-refractivity contribution in [1.29, 1.82) is 0 Å². The van der Waals surface area contributed by atoms with E-state index in [1.165, 1.54) is 0 Å². The normalized spacial score (nSPS) is 17.3. The van der Waals surface area contributed by atoms with E-state index in [1.807, 2.05) is 37.3 Å². The molecule has 0 radical (unpaired) electrons. The third-order valence-corrected chi connectivity index (χ3v) is 5.36. The Balaban J connectivity index is 1.50. The molecule has 1 aromatic carbocycles. The number of hydrogen-bond acceptors (Lipinski definition) is 4. The van der Waals surface area contributed by atoms with Gasteiger partial charge in [0.15, 0.2) is 0 Å². The molecule has 0 aliphatic carbocycles. The van der Waals surface area contributed by atoms with E-state index in [1.54, 1.807) is 18.1 Å². The Morgan fingerprint density at radius 2 is 2.15 bits per heavy atom. The number of aromatic amines is 1. The van der Waals surface area contributed by atoms with Gasteiger partial charge in [0.05, 0.1) is 16.6 Å². The van der Waals surface area contributed by atoms with Crippen LogP contribution in [0.1, 0.15) is 41.9 Å². The second-order valence-corrected chi connectivity index (χ2v) is 7.15. The van der Waals surface area contributed by atoms with Crippen molar-refractivity contribution in [3.05, 3.63) is 54.0 Å². The van der Waals surface area contributed by atoms with Crippen LogP contribution in [0.15, 0.2) is 42.6 Å². The molecule has 6 heteroatoms. The molecule has 1 fully saturated rings. The number of H-pyrrole nitrogens is 1. The summed E-state index contributed by atoms with van der Waals surface area (Å²) >= 11 is 0. The second-order valence-electron chi connectivity index (χ2n) is 7.15. The van der Waals surface area contributed by atoms with Gasteiger partial charge in [0, 0.05) is 38.8 Å². The third-order valence-electron chi connectivity index (χ3n) is 5.36. The van der Waals surface area contributed by atoms with Crippen molar-refractivity contribution in [3.8, 4) is 0 Å². The van der Waals surface area contributed by atoms with Crippen molar-refractivity contribution in [2.75, 3.05) is 31.6 Å². The molecule has 1 atom stereocenters. The minimum Gasteiger partial charge on any atom is -0.356 e. The number of amides is 1. The maximum absolute atomic E-state index is 12.2. The molecular weight excluding hydrogens is 338 g/mol. The fourth-order valence-electron chi connectivity index (χ4n) is 3.64. The van der Waals surface area contributed by atoms with E-state index in [-0.39, 0.29) is 5.91 Å². The van der Waals surface area contributed by atoms with E-state index in [9.17, 15) is 4.79 Å². The standard InChI is InChI=1S/C21H25N5O/c1-3-25(2)21(27)15-10-11-19(22-13-15)26-12-6-7-16(14-26)20-23-17-8-4-5-9-18(17)24-20/h4-5,8-11,13,16H,3,6-7,12,14H2,1-2H3,(H,23,24)/t16-/m0/s1. The molecule has 1 amide bonds. The third kappa shape index (κ3) is 3.52. The SMILES string of the molecule is CCN(C)C(=O)c1ccc(N2CCC[C@H](c3nc4ccccc4[nH]3)C2)nc1. The van der Waals surface area contributed by atoms with Crippen molar-refractivity contribution >= 4 is 22.8 Å². The predicted octanol–water partition coefficient (Wildman–Crippen LogP) is 3.43. The number of para-hydroxylation sites is 2. The van der Waals surface area contributed by atoms with Crippen LogP contribution >= 0.6 is 0 Å². The largest absolute Gasteiger partial charge is 0.356 e. The first-order chi connectivity index (χ1) is 13.2. The molecule has 1 aliphatic rings. The van der Waals surface area contributed by atoms with E-state index in [0.29, 0.717) is 18.0 Å². The summed E-state index contributed by atoms with van der Waals surface area (Å²) in [5.41, 5.74) is 2.74. The molecule has 1 N–H and O–H groups in total. The summed E-state index contributed by atoms with van der Waals surface area (Å²) in [7, 11) is 1.80. The van der Waals surface area contributed by atoms with Gasteiger partial charge in [0.2, 0.25) is 0 Å². The highest BCUT2D eigenvalue weighted by atomic mass is 16.2. The number of piperidine rings is 1. The van der Waals surface area contributed by atoms with E-state index in [0.717, 1.165) is 48.6 Å². The molecule has 4 rings (SSSR count). The summed E-state index contributed by atoms with van der Waals surface area (Å²) in [5, 5.41) is 0. The Morgan fingerprint density at radius 1 is 1.30 bits per heavy atom. The number of hydrogen-bond donors (Lipinski definition) is 1. The van der Waals surface area contributed by atoms with Gasteiger partial charge in [-0.2, -0.15) is 0 Å². The van der Waals surface area contributed by atoms with Gasteiger partial charge in [-0.15, -0.1) is 0 Å². The topological polar surface area (TPSA) is 65.1 Å². The first-order valence-corrected chi connectivity index (χ1v) is 9.57. The molecule has 2 aromatic heterocycles. The smallest absolute Gasteiger partial charge is 0.255 e. The quantitative estimate of drug-likeness (QED) is 0.771. The summed E-state index contributed by atoms with van der Waals surface area (Å²) in [6.07, 6.45) is 3.91. The van der Waals surface area contributed by atoms with Crippen LogP contribution in [-0.4, -0.2) is 52.4 Å². The Hall–Kier alpha value is -2.89. The van der Waals surface area contributed by atoms with Crippen molar-refractivity contribution < 1.29 is 4.79 Å². The van der Waals surface area contributed by atoms with E-state index >= 15 is 0 Å². The van der Waals surface area contributed by atoms with Crippen LogP contribution in [0, 0.1) is 0 Å². The molecule has 0 unspecified atom stereocenters. The minimum atomic E-state index is 0.00958. The maximum Gasteiger partial charge on any atom is 0.255 e. The lowest BCUT2D eigenvalue weighted by molar-refractivity contribution is 0.0802. The number of carbonyl (C=O) groups is 1. The number of fused-ring (bicyclic) bond motifs is 1. The zero-order valence-corrected chi connectivity index (χ0v) is 15.9. The van der Waals surface area contributed by atoms with Gasteiger partial charge >= 0.3 is 0 Å². The number of carbonyl (C=O) groups excluding carboxylic acids is 1. The van der Waals surface area contributed by atoms with Crippen LogP contribution in [0.5, 0.6) is 0 Å². The molecule has 1 saturated heterocycles. The molecule has 140 valence electrons. The van der Waals surface area contributed by atoms with Crippen molar-refractivity contribution in [2.24, 2.45) is 0 Å². The number of benzene rings is 1. The highest BCUT2D eigenvalue weighted by Gasteiger charge is 2.25.